The molecule has 2 rings (SSSR count). The van der Waals surface area contributed by atoms with Crippen LogP contribution in [0.1, 0.15) is 32.8 Å². The van der Waals surface area contributed by atoms with Gasteiger partial charge >= 0.3 is 0 Å². The first kappa shape index (κ1) is 19.7. The largest absolute Gasteiger partial charge is 0.494 e. The fourth-order valence-corrected chi connectivity index (χ4v) is 3.55. The van der Waals surface area contributed by atoms with Crippen molar-refractivity contribution in [1.29, 1.82) is 0 Å². The summed E-state index contributed by atoms with van der Waals surface area (Å²) in [5.41, 5.74) is 1.04. The van der Waals surface area contributed by atoms with Crippen LogP contribution in [0.25, 0.3) is 0 Å². The highest BCUT2D eigenvalue weighted by Gasteiger charge is 2.31. The Morgan fingerprint density at radius 3 is 2.36 bits per heavy atom. The molecule has 0 aliphatic carbocycles. The van der Waals surface area contributed by atoms with Crippen LogP contribution in [-0.4, -0.2) is 67.7 Å². The van der Waals surface area contributed by atoms with Gasteiger partial charge in [-0.3, -0.25) is 9.69 Å². The summed E-state index contributed by atoms with van der Waals surface area (Å²) >= 11 is 0. The summed E-state index contributed by atoms with van der Waals surface area (Å²) in [7, 11) is 1.74. The maximum absolute atomic E-state index is 12.7. The van der Waals surface area contributed by atoms with Gasteiger partial charge < -0.3 is 14.4 Å². The van der Waals surface area contributed by atoms with E-state index in [9.17, 15) is 4.79 Å². The van der Waals surface area contributed by atoms with Gasteiger partial charge in [0.2, 0.25) is 5.91 Å². The summed E-state index contributed by atoms with van der Waals surface area (Å²) in [6.45, 7) is 10.4. The number of carbonyl (C=O) groups excluding carboxylic acids is 1. The summed E-state index contributed by atoms with van der Waals surface area (Å²) in [5, 5.41) is 0. The summed E-state index contributed by atoms with van der Waals surface area (Å²) in [5.74, 6) is 1.06. The van der Waals surface area contributed by atoms with Gasteiger partial charge in [-0.15, -0.1) is 0 Å². The molecule has 1 aliphatic rings. The molecule has 1 aromatic rings. The summed E-state index contributed by atoms with van der Waals surface area (Å²) in [6.07, 6.45) is 1.49. The summed E-state index contributed by atoms with van der Waals surface area (Å²) < 4.78 is 10.6. The average molecular weight is 348 g/mol. The van der Waals surface area contributed by atoms with Gasteiger partial charge in [-0.2, -0.15) is 0 Å². The van der Waals surface area contributed by atoms with Crippen molar-refractivity contribution >= 4 is 5.91 Å². The molecule has 140 valence electrons. The number of amides is 1. The number of ether oxygens (including phenoxy) is 2. The molecule has 0 bridgehead atoms. The highest BCUT2D eigenvalue weighted by molar-refractivity contribution is 5.79. The smallest absolute Gasteiger partial charge is 0.227 e. The van der Waals surface area contributed by atoms with E-state index in [4.69, 9.17) is 9.47 Å². The molecule has 1 saturated heterocycles. The Bertz CT molecular complexity index is 520. The van der Waals surface area contributed by atoms with Crippen molar-refractivity contribution in [2.45, 2.75) is 45.7 Å². The van der Waals surface area contributed by atoms with Crippen molar-refractivity contribution < 1.29 is 14.3 Å². The van der Waals surface area contributed by atoms with Crippen molar-refractivity contribution in [1.82, 2.24) is 9.80 Å². The Hall–Kier alpha value is -1.59. The van der Waals surface area contributed by atoms with Crippen LogP contribution < -0.4 is 4.74 Å². The predicted molar refractivity (Wildman–Crippen MR) is 100 cm³/mol. The number of nitrogens with zero attached hydrogens (tertiary/aromatic N) is 2. The first-order chi connectivity index (χ1) is 12.0. The summed E-state index contributed by atoms with van der Waals surface area (Å²) in [4.78, 5) is 17.2. The molecule has 2 unspecified atom stereocenters. The fourth-order valence-electron chi connectivity index (χ4n) is 3.55. The van der Waals surface area contributed by atoms with Gasteiger partial charge in [-0.1, -0.05) is 12.1 Å². The number of benzene rings is 1. The molecule has 5 heteroatoms. The molecule has 1 fully saturated rings. The Morgan fingerprint density at radius 2 is 1.80 bits per heavy atom. The molecule has 0 radical (unpaired) electrons. The Kier molecular flexibility index (Phi) is 7.72. The van der Waals surface area contributed by atoms with Gasteiger partial charge in [-0.05, 0) is 44.9 Å². The van der Waals surface area contributed by atoms with Crippen molar-refractivity contribution in [3.63, 3.8) is 0 Å². The average Bonchev–Trinajstić information content (AvgIpc) is 2.59. The maximum Gasteiger partial charge on any atom is 0.227 e. The molecular weight excluding hydrogens is 316 g/mol. The van der Waals surface area contributed by atoms with E-state index in [-0.39, 0.29) is 5.91 Å². The zero-order valence-corrected chi connectivity index (χ0v) is 16.0. The zero-order valence-electron chi connectivity index (χ0n) is 16.0. The second-order valence-corrected chi connectivity index (χ2v) is 6.83. The van der Waals surface area contributed by atoms with E-state index < -0.39 is 0 Å². The number of hydrogen-bond donors (Lipinski definition) is 0. The number of piperazine rings is 1. The molecule has 2 atom stereocenters. The molecule has 0 N–H and O–H groups in total. The van der Waals surface area contributed by atoms with E-state index in [0.29, 0.717) is 25.1 Å². The SMILES string of the molecule is CCOc1ccc(CC(=O)N2CC(C)N(CCCOC)C(C)C2)cc1. The van der Waals surface area contributed by atoms with Crippen LogP contribution in [0.4, 0.5) is 0 Å². The fraction of sp³-hybridized carbons (Fsp3) is 0.650. The number of hydrogen-bond acceptors (Lipinski definition) is 4. The molecule has 25 heavy (non-hydrogen) atoms. The Balaban J connectivity index is 1.88. The topological polar surface area (TPSA) is 42.0 Å². The van der Waals surface area contributed by atoms with Gasteiger partial charge in [0, 0.05) is 45.4 Å². The van der Waals surface area contributed by atoms with E-state index in [1.807, 2.05) is 36.1 Å². The van der Waals surface area contributed by atoms with Crippen LogP contribution >= 0.6 is 0 Å². The lowest BCUT2D eigenvalue weighted by Crippen LogP contribution is -2.58. The molecule has 5 nitrogen and oxygen atoms in total. The van der Waals surface area contributed by atoms with Gasteiger partial charge in [-0.25, -0.2) is 0 Å². The van der Waals surface area contributed by atoms with E-state index in [1.165, 1.54) is 0 Å². The minimum Gasteiger partial charge on any atom is -0.494 e. The van der Waals surface area contributed by atoms with Crippen LogP contribution in [0.15, 0.2) is 24.3 Å². The van der Waals surface area contributed by atoms with E-state index in [1.54, 1.807) is 7.11 Å². The molecule has 1 aliphatic heterocycles. The molecule has 0 saturated carbocycles. The lowest BCUT2D eigenvalue weighted by atomic mass is 10.1. The van der Waals surface area contributed by atoms with E-state index >= 15 is 0 Å². The third-order valence-electron chi connectivity index (χ3n) is 4.81. The number of methoxy groups -OCH3 is 1. The van der Waals surface area contributed by atoms with Crippen LogP contribution in [0.2, 0.25) is 0 Å². The normalized spacial score (nSPS) is 21.4. The molecule has 0 spiro atoms. The molecule has 1 heterocycles. The van der Waals surface area contributed by atoms with Crippen LogP contribution in [-0.2, 0) is 16.0 Å². The molecule has 1 amide bonds. The Labute approximate surface area is 151 Å². The lowest BCUT2D eigenvalue weighted by Gasteiger charge is -2.44. The quantitative estimate of drug-likeness (QED) is 0.677. The predicted octanol–water partition coefficient (Wildman–Crippen LogP) is 2.59. The zero-order chi connectivity index (χ0) is 18.2. The van der Waals surface area contributed by atoms with Gasteiger partial charge in [0.1, 0.15) is 5.75 Å². The maximum atomic E-state index is 12.7. The van der Waals surface area contributed by atoms with E-state index in [2.05, 4.69) is 18.7 Å². The first-order valence-corrected chi connectivity index (χ1v) is 9.29. The first-order valence-electron chi connectivity index (χ1n) is 9.29. The molecule has 0 aromatic heterocycles. The van der Waals surface area contributed by atoms with Crippen LogP contribution in [0.3, 0.4) is 0 Å². The van der Waals surface area contributed by atoms with Crippen LogP contribution in [0, 0.1) is 0 Å². The minimum absolute atomic E-state index is 0.208. The van der Waals surface area contributed by atoms with Gasteiger partial charge in [0.15, 0.2) is 0 Å². The Morgan fingerprint density at radius 1 is 1.16 bits per heavy atom. The minimum atomic E-state index is 0.208. The van der Waals surface area contributed by atoms with E-state index in [0.717, 1.165) is 44.0 Å². The van der Waals surface area contributed by atoms with Gasteiger partial charge in [0.05, 0.1) is 13.0 Å². The third-order valence-corrected chi connectivity index (χ3v) is 4.81. The number of rotatable bonds is 8. The molecule has 1 aromatic carbocycles. The second kappa shape index (κ2) is 9.78. The monoisotopic (exact) mass is 348 g/mol. The highest BCUT2D eigenvalue weighted by atomic mass is 16.5. The lowest BCUT2D eigenvalue weighted by molar-refractivity contribution is -0.134. The van der Waals surface area contributed by atoms with Gasteiger partial charge in [0.25, 0.3) is 0 Å². The van der Waals surface area contributed by atoms with Crippen LogP contribution in [0.5, 0.6) is 5.75 Å². The summed E-state index contributed by atoms with van der Waals surface area (Å²) in [6, 6.07) is 8.60. The second-order valence-electron chi connectivity index (χ2n) is 6.83. The highest BCUT2D eigenvalue weighted by Crippen LogP contribution is 2.18. The number of carbonyl (C=O) groups is 1. The van der Waals surface area contributed by atoms with Crippen molar-refractivity contribution in [2.75, 3.05) is 40.0 Å². The third kappa shape index (κ3) is 5.72. The standard InChI is InChI=1S/C20H32N2O3/c1-5-25-19-9-7-18(8-10-19)13-20(23)21-14-16(2)22(17(3)15-21)11-6-12-24-4/h7-10,16-17H,5-6,11-15H2,1-4H3. The van der Waals surface area contributed by atoms with Crippen molar-refractivity contribution in [3.8, 4) is 5.75 Å². The van der Waals surface area contributed by atoms with Crippen molar-refractivity contribution in [2.24, 2.45) is 0 Å². The molecular formula is C20H32N2O3. The van der Waals surface area contributed by atoms with Crippen molar-refractivity contribution in [3.05, 3.63) is 29.8 Å².